The Morgan fingerprint density at radius 1 is 1.30 bits per heavy atom. The Bertz CT molecular complexity index is 408. The van der Waals surface area contributed by atoms with E-state index in [-0.39, 0.29) is 5.97 Å². The number of para-hydroxylation sites is 1. The molecule has 4 nitrogen and oxygen atoms in total. The first kappa shape index (κ1) is 16.5. The SMILES string of the molecule is CCNC(C)(CCN(C)c1ccccc1)C(=O)OCC. The van der Waals surface area contributed by atoms with Crippen molar-refractivity contribution in [3.63, 3.8) is 0 Å². The molecule has 0 spiro atoms. The predicted octanol–water partition coefficient (Wildman–Crippen LogP) is 2.44. The van der Waals surface area contributed by atoms with Crippen LogP contribution in [0, 0.1) is 0 Å². The highest BCUT2D eigenvalue weighted by Gasteiger charge is 2.33. The first-order valence-corrected chi connectivity index (χ1v) is 7.22. The van der Waals surface area contributed by atoms with Crippen molar-refractivity contribution in [2.75, 3.05) is 31.6 Å². The Morgan fingerprint density at radius 2 is 1.95 bits per heavy atom. The molecule has 1 N–H and O–H groups in total. The minimum absolute atomic E-state index is 0.177. The van der Waals surface area contributed by atoms with E-state index in [9.17, 15) is 4.79 Å². The number of carbonyl (C=O) groups is 1. The summed E-state index contributed by atoms with van der Waals surface area (Å²) in [5.41, 5.74) is 0.517. The third kappa shape index (κ3) is 4.53. The number of ether oxygens (including phenoxy) is 1. The van der Waals surface area contributed by atoms with Gasteiger partial charge in [0.15, 0.2) is 0 Å². The second kappa shape index (κ2) is 7.90. The van der Waals surface area contributed by atoms with Gasteiger partial charge in [0.1, 0.15) is 5.54 Å². The van der Waals surface area contributed by atoms with Gasteiger partial charge in [0.05, 0.1) is 6.61 Å². The lowest BCUT2D eigenvalue weighted by molar-refractivity contribution is -0.150. The third-order valence-corrected chi connectivity index (χ3v) is 3.44. The highest BCUT2D eigenvalue weighted by molar-refractivity contribution is 5.80. The molecule has 1 rings (SSSR count). The van der Waals surface area contributed by atoms with Gasteiger partial charge in [-0.2, -0.15) is 0 Å². The fourth-order valence-corrected chi connectivity index (χ4v) is 2.15. The van der Waals surface area contributed by atoms with Crippen LogP contribution < -0.4 is 10.2 Å². The molecule has 0 radical (unpaired) electrons. The van der Waals surface area contributed by atoms with Gasteiger partial charge in [-0.3, -0.25) is 4.79 Å². The van der Waals surface area contributed by atoms with Crippen molar-refractivity contribution in [1.82, 2.24) is 5.32 Å². The fraction of sp³-hybridized carbons (Fsp3) is 0.562. The normalized spacial score (nSPS) is 13.6. The van der Waals surface area contributed by atoms with E-state index in [1.165, 1.54) is 0 Å². The fourth-order valence-electron chi connectivity index (χ4n) is 2.15. The van der Waals surface area contributed by atoms with Gasteiger partial charge in [0, 0.05) is 19.3 Å². The molecule has 0 amide bonds. The number of carbonyl (C=O) groups excluding carboxylic acids is 1. The van der Waals surface area contributed by atoms with Crippen molar-refractivity contribution < 1.29 is 9.53 Å². The van der Waals surface area contributed by atoms with Crippen molar-refractivity contribution in [2.45, 2.75) is 32.7 Å². The largest absolute Gasteiger partial charge is 0.465 e. The Balaban J connectivity index is 2.65. The summed E-state index contributed by atoms with van der Waals surface area (Å²) < 4.78 is 5.18. The molecule has 0 aliphatic heterocycles. The number of anilines is 1. The highest BCUT2D eigenvalue weighted by Crippen LogP contribution is 2.17. The van der Waals surface area contributed by atoms with Gasteiger partial charge in [-0.25, -0.2) is 0 Å². The van der Waals surface area contributed by atoms with Crippen LogP contribution in [0.25, 0.3) is 0 Å². The van der Waals surface area contributed by atoms with Gasteiger partial charge in [-0.05, 0) is 38.9 Å². The van der Waals surface area contributed by atoms with Gasteiger partial charge in [-0.15, -0.1) is 0 Å². The Hall–Kier alpha value is -1.55. The first-order chi connectivity index (χ1) is 9.53. The van der Waals surface area contributed by atoms with Crippen molar-refractivity contribution >= 4 is 11.7 Å². The van der Waals surface area contributed by atoms with Crippen LogP contribution in [0.4, 0.5) is 5.69 Å². The number of benzene rings is 1. The first-order valence-electron chi connectivity index (χ1n) is 7.22. The van der Waals surface area contributed by atoms with Crippen LogP contribution in [0.2, 0.25) is 0 Å². The zero-order valence-corrected chi connectivity index (χ0v) is 13.0. The molecule has 0 aliphatic carbocycles. The van der Waals surface area contributed by atoms with Crippen molar-refractivity contribution in [3.8, 4) is 0 Å². The molecular formula is C16H26N2O2. The summed E-state index contributed by atoms with van der Waals surface area (Å²) >= 11 is 0. The molecule has 1 aromatic rings. The molecule has 1 unspecified atom stereocenters. The summed E-state index contributed by atoms with van der Waals surface area (Å²) in [6.07, 6.45) is 0.699. The van der Waals surface area contributed by atoms with Gasteiger partial charge in [-0.1, -0.05) is 25.1 Å². The lowest BCUT2D eigenvalue weighted by Gasteiger charge is -2.30. The van der Waals surface area contributed by atoms with Gasteiger partial charge >= 0.3 is 5.97 Å². The zero-order chi connectivity index (χ0) is 15.0. The Kier molecular flexibility index (Phi) is 6.52. The summed E-state index contributed by atoms with van der Waals surface area (Å²) in [4.78, 5) is 14.2. The lowest BCUT2D eigenvalue weighted by Crippen LogP contribution is -2.52. The van der Waals surface area contributed by atoms with E-state index in [0.717, 1.165) is 18.8 Å². The maximum Gasteiger partial charge on any atom is 0.326 e. The number of hydrogen-bond acceptors (Lipinski definition) is 4. The lowest BCUT2D eigenvalue weighted by atomic mass is 9.97. The molecule has 0 saturated carbocycles. The summed E-state index contributed by atoms with van der Waals surface area (Å²) in [5, 5.41) is 3.25. The molecule has 0 aliphatic rings. The average Bonchev–Trinajstić information content (AvgIpc) is 2.46. The average molecular weight is 278 g/mol. The number of esters is 1. The number of nitrogens with zero attached hydrogens (tertiary/aromatic N) is 1. The molecule has 0 heterocycles. The van der Waals surface area contributed by atoms with E-state index in [1.54, 1.807) is 0 Å². The van der Waals surface area contributed by atoms with E-state index in [4.69, 9.17) is 4.74 Å². The molecular weight excluding hydrogens is 252 g/mol. The predicted molar refractivity (Wildman–Crippen MR) is 83.0 cm³/mol. The summed E-state index contributed by atoms with van der Waals surface area (Å²) in [7, 11) is 2.03. The van der Waals surface area contributed by atoms with Gasteiger partial charge in [0.2, 0.25) is 0 Å². The van der Waals surface area contributed by atoms with Crippen molar-refractivity contribution in [3.05, 3.63) is 30.3 Å². The van der Waals surface area contributed by atoms with Crippen LogP contribution in [0.15, 0.2) is 30.3 Å². The Labute approximate surface area is 122 Å². The van der Waals surface area contributed by atoms with E-state index >= 15 is 0 Å². The molecule has 0 saturated heterocycles. The topological polar surface area (TPSA) is 41.6 Å². The van der Waals surface area contributed by atoms with Crippen molar-refractivity contribution in [2.24, 2.45) is 0 Å². The molecule has 0 aromatic heterocycles. The molecule has 20 heavy (non-hydrogen) atoms. The van der Waals surface area contributed by atoms with Crippen LogP contribution >= 0.6 is 0 Å². The third-order valence-electron chi connectivity index (χ3n) is 3.44. The Morgan fingerprint density at radius 3 is 2.50 bits per heavy atom. The molecule has 4 heteroatoms. The second-order valence-corrected chi connectivity index (χ2v) is 5.09. The summed E-state index contributed by atoms with van der Waals surface area (Å²) in [6.45, 7) is 7.68. The minimum Gasteiger partial charge on any atom is -0.465 e. The standard InChI is InChI=1S/C16H26N2O2/c1-5-17-16(3,15(19)20-6-2)12-13-18(4)14-10-8-7-9-11-14/h7-11,17H,5-6,12-13H2,1-4H3. The van der Waals surface area contributed by atoms with Gasteiger partial charge in [0.25, 0.3) is 0 Å². The molecule has 112 valence electrons. The van der Waals surface area contributed by atoms with Crippen LogP contribution in [0.5, 0.6) is 0 Å². The van der Waals surface area contributed by atoms with E-state index in [1.807, 2.05) is 46.0 Å². The molecule has 0 fully saturated rings. The number of hydrogen-bond donors (Lipinski definition) is 1. The monoisotopic (exact) mass is 278 g/mol. The number of likely N-dealkylation sites (N-methyl/N-ethyl adjacent to an activating group) is 1. The van der Waals surface area contributed by atoms with E-state index in [0.29, 0.717) is 13.0 Å². The molecule has 0 bridgehead atoms. The van der Waals surface area contributed by atoms with E-state index < -0.39 is 5.54 Å². The highest BCUT2D eigenvalue weighted by atomic mass is 16.5. The van der Waals surface area contributed by atoms with Crippen LogP contribution in [-0.4, -0.2) is 38.3 Å². The van der Waals surface area contributed by atoms with Crippen LogP contribution in [0.3, 0.4) is 0 Å². The maximum atomic E-state index is 12.1. The summed E-state index contributed by atoms with van der Waals surface area (Å²) in [5.74, 6) is -0.177. The quantitative estimate of drug-likeness (QED) is 0.742. The van der Waals surface area contributed by atoms with Crippen LogP contribution in [0.1, 0.15) is 27.2 Å². The van der Waals surface area contributed by atoms with Crippen molar-refractivity contribution in [1.29, 1.82) is 0 Å². The zero-order valence-electron chi connectivity index (χ0n) is 13.0. The maximum absolute atomic E-state index is 12.1. The number of nitrogens with one attached hydrogen (secondary N) is 1. The minimum atomic E-state index is -0.631. The summed E-state index contributed by atoms with van der Waals surface area (Å²) in [6, 6.07) is 10.2. The van der Waals surface area contributed by atoms with Gasteiger partial charge < -0.3 is 15.0 Å². The number of rotatable bonds is 8. The van der Waals surface area contributed by atoms with E-state index in [2.05, 4.69) is 22.3 Å². The molecule has 1 aromatic carbocycles. The second-order valence-electron chi connectivity index (χ2n) is 5.09. The smallest absolute Gasteiger partial charge is 0.326 e. The van der Waals surface area contributed by atoms with Crippen LogP contribution in [-0.2, 0) is 9.53 Å². The molecule has 1 atom stereocenters.